The van der Waals surface area contributed by atoms with Crippen molar-refractivity contribution in [2.45, 2.75) is 6.42 Å². The smallest absolute Gasteiger partial charge is 0.258 e. The second-order valence-electron chi connectivity index (χ2n) is 4.43. The van der Waals surface area contributed by atoms with Crippen LogP contribution in [0.1, 0.15) is 11.1 Å². The van der Waals surface area contributed by atoms with Crippen molar-refractivity contribution in [3.05, 3.63) is 83.9 Å². The Labute approximate surface area is 123 Å². The molecule has 112 valence electrons. The average Bonchev–Trinajstić information content (AvgIpc) is 2.47. The number of nitro groups is 3. The Hall–Kier alpha value is -3.36. The normalized spacial score (nSPS) is 10.2. The molecule has 2 aromatic rings. The zero-order chi connectivity index (χ0) is 16.3. The molecule has 0 atom stereocenters. The average molecular weight is 303 g/mol. The summed E-state index contributed by atoms with van der Waals surface area (Å²) in [6.45, 7) is 0. The van der Waals surface area contributed by atoms with Crippen molar-refractivity contribution in [1.82, 2.24) is 0 Å². The van der Waals surface area contributed by atoms with Crippen molar-refractivity contribution >= 4 is 17.1 Å². The van der Waals surface area contributed by atoms with Crippen LogP contribution in [0.25, 0.3) is 0 Å². The van der Waals surface area contributed by atoms with E-state index in [2.05, 4.69) is 0 Å². The third-order valence-electron chi connectivity index (χ3n) is 3.02. The minimum Gasteiger partial charge on any atom is -0.258 e. The van der Waals surface area contributed by atoms with E-state index >= 15 is 0 Å². The van der Waals surface area contributed by atoms with Crippen molar-refractivity contribution in [3.8, 4) is 0 Å². The van der Waals surface area contributed by atoms with Gasteiger partial charge in [-0.15, -0.1) is 0 Å². The van der Waals surface area contributed by atoms with E-state index in [-0.39, 0.29) is 23.5 Å². The van der Waals surface area contributed by atoms with Gasteiger partial charge in [-0.25, -0.2) is 0 Å². The molecule has 0 aliphatic carbocycles. The molecule has 0 fully saturated rings. The fraction of sp³-hybridized carbons (Fsp3) is 0.0769. The van der Waals surface area contributed by atoms with Gasteiger partial charge in [-0.1, -0.05) is 12.1 Å². The van der Waals surface area contributed by atoms with Crippen LogP contribution >= 0.6 is 0 Å². The van der Waals surface area contributed by atoms with Crippen molar-refractivity contribution in [1.29, 1.82) is 0 Å². The van der Waals surface area contributed by atoms with Gasteiger partial charge >= 0.3 is 0 Å². The maximum absolute atomic E-state index is 11.0. The first-order valence-electron chi connectivity index (χ1n) is 6.03. The Balaban J connectivity index is 2.34. The van der Waals surface area contributed by atoms with Gasteiger partial charge in [0, 0.05) is 30.2 Å². The van der Waals surface area contributed by atoms with Gasteiger partial charge in [0.2, 0.25) is 0 Å². The van der Waals surface area contributed by atoms with Crippen LogP contribution in [0.4, 0.5) is 17.1 Å². The van der Waals surface area contributed by atoms with Crippen LogP contribution in [0.5, 0.6) is 0 Å². The summed E-state index contributed by atoms with van der Waals surface area (Å²) in [5.74, 6) is 0. The molecule has 0 heterocycles. The lowest BCUT2D eigenvalue weighted by Crippen LogP contribution is -1.99. The Kier molecular flexibility index (Phi) is 4.07. The topological polar surface area (TPSA) is 129 Å². The molecule has 0 spiro atoms. The highest BCUT2D eigenvalue weighted by atomic mass is 16.6. The highest BCUT2D eigenvalue weighted by Gasteiger charge is 2.19. The first-order chi connectivity index (χ1) is 10.4. The van der Waals surface area contributed by atoms with Crippen LogP contribution in [0.3, 0.4) is 0 Å². The minimum atomic E-state index is -0.706. The summed E-state index contributed by atoms with van der Waals surface area (Å²) in [6, 6.07) is 8.98. The molecule has 0 aliphatic rings. The molecule has 0 unspecified atom stereocenters. The number of hydrogen-bond acceptors (Lipinski definition) is 6. The monoisotopic (exact) mass is 303 g/mol. The van der Waals surface area contributed by atoms with Gasteiger partial charge in [-0.3, -0.25) is 30.3 Å². The number of rotatable bonds is 5. The molecule has 0 aliphatic heterocycles. The molecule has 9 nitrogen and oxygen atoms in total. The van der Waals surface area contributed by atoms with Crippen LogP contribution in [0.2, 0.25) is 0 Å². The molecule has 2 rings (SSSR count). The van der Waals surface area contributed by atoms with E-state index in [1.54, 1.807) is 0 Å². The van der Waals surface area contributed by atoms with Crippen molar-refractivity contribution < 1.29 is 14.8 Å². The summed E-state index contributed by atoms with van der Waals surface area (Å²) in [4.78, 5) is 30.3. The number of nitrogens with zero attached hydrogens (tertiary/aromatic N) is 3. The summed E-state index contributed by atoms with van der Waals surface area (Å²) in [5, 5.41) is 32.3. The lowest BCUT2D eigenvalue weighted by molar-refractivity contribution is -0.394. The Bertz CT molecular complexity index is 757. The van der Waals surface area contributed by atoms with Gasteiger partial charge < -0.3 is 0 Å². The molecule has 0 bridgehead atoms. The lowest BCUT2D eigenvalue weighted by atomic mass is 10.0. The van der Waals surface area contributed by atoms with Gasteiger partial charge in [0.15, 0.2) is 0 Å². The Morgan fingerprint density at radius 3 is 1.77 bits per heavy atom. The quantitative estimate of drug-likeness (QED) is 0.616. The highest BCUT2D eigenvalue weighted by molar-refractivity contribution is 5.51. The second kappa shape index (κ2) is 5.95. The number of benzene rings is 2. The standard InChI is InChI=1S/C13H9N3O6/c17-14(18)11-4-1-9(2-5-11)7-10-3-6-12(15(19)20)8-13(10)16(21)22/h1-6,8H,7H2. The number of hydrogen-bond donors (Lipinski definition) is 0. The van der Waals surface area contributed by atoms with E-state index < -0.39 is 14.8 Å². The van der Waals surface area contributed by atoms with Crippen LogP contribution in [-0.4, -0.2) is 14.8 Å². The predicted octanol–water partition coefficient (Wildman–Crippen LogP) is 3.00. The maximum atomic E-state index is 11.0. The Morgan fingerprint density at radius 2 is 1.27 bits per heavy atom. The van der Waals surface area contributed by atoms with E-state index in [0.29, 0.717) is 11.1 Å². The number of nitro benzene ring substituents is 3. The first kappa shape index (κ1) is 15.0. The zero-order valence-electron chi connectivity index (χ0n) is 11.0. The molecule has 0 aromatic heterocycles. The summed E-state index contributed by atoms with van der Waals surface area (Å²) < 4.78 is 0. The lowest BCUT2D eigenvalue weighted by Gasteiger charge is -2.03. The summed E-state index contributed by atoms with van der Waals surface area (Å²) >= 11 is 0. The number of non-ortho nitro benzene ring substituents is 2. The predicted molar refractivity (Wildman–Crippen MR) is 75.7 cm³/mol. The van der Waals surface area contributed by atoms with E-state index in [0.717, 1.165) is 6.07 Å². The first-order valence-corrected chi connectivity index (χ1v) is 6.03. The Morgan fingerprint density at radius 1 is 0.727 bits per heavy atom. The molecule has 0 amide bonds. The molecule has 0 radical (unpaired) electrons. The summed E-state index contributed by atoms with van der Waals surface area (Å²) in [5.41, 5.74) is 0.126. The molecule has 22 heavy (non-hydrogen) atoms. The summed E-state index contributed by atoms with van der Waals surface area (Å²) in [6.07, 6.45) is 0.145. The van der Waals surface area contributed by atoms with E-state index in [1.807, 2.05) is 0 Å². The second-order valence-corrected chi connectivity index (χ2v) is 4.43. The van der Waals surface area contributed by atoms with Gasteiger partial charge in [-0.05, 0) is 11.6 Å². The fourth-order valence-corrected chi connectivity index (χ4v) is 1.94. The molecule has 0 N–H and O–H groups in total. The molecule has 0 saturated heterocycles. The van der Waals surface area contributed by atoms with E-state index in [9.17, 15) is 30.3 Å². The fourth-order valence-electron chi connectivity index (χ4n) is 1.94. The van der Waals surface area contributed by atoms with Crippen LogP contribution < -0.4 is 0 Å². The molecule has 2 aromatic carbocycles. The van der Waals surface area contributed by atoms with Crippen molar-refractivity contribution in [2.75, 3.05) is 0 Å². The third kappa shape index (κ3) is 3.20. The van der Waals surface area contributed by atoms with Crippen LogP contribution in [0.15, 0.2) is 42.5 Å². The van der Waals surface area contributed by atoms with Gasteiger partial charge in [0.05, 0.1) is 20.8 Å². The summed E-state index contributed by atoms with van der Waals surface area (Å²) in [7, 11) is 0. The largest absolute Gasteiger partial charge is 0.279 e. The zero-order valence-corrected chi connectivity index (χ0v) is 11.0. The molecular formula is C13H9N3O6. The van der Waals surface area contributed by atoms with Gasteiger partial charge in [0.25, 0.3) is 17.1 Å². The molecular weight excluding hydrogens is 294 g/mol. The third-order valence-corrected chi connectivity index (χ3v) is 3.02. The van der Waals surface area contributed by atoms with E-state index in [1.165, 1.54) is 36.4 Å². The molecule has 9 heteroatoms. The maximum Gasteiger partial charge on any atom is 0.279 e. The van der Waals surface area contributed by atoms with Gasteiger partial charge in [-0.2, -0.15) is 0 Å². The highest BCUT2D eigenvalue weighted by Crippen LogP contribution is 2.27. The van der Waals surface area contributed by atoms with Crippen molar-refractivity contribution in [2.24, 2.45) is 0 Å². The van der Waals surface area contributed by atoms with E-state index in [4.69, 9.17) is 0 Å². The SMILES string of the molecule is O=[N+]([O-])c1ccc(Cc2ccc([N+](=O)[O-])cc2[N+](=O)[O-])cc1. The molecule has 0 saturated carbocycles. The van der Waals surface area contributed by atoms with Crippen LogP contribution in [0, 0.1) is 30.3 Å². The van der Waals surface area contributed by atoms with Crippen LogP contribution in [-0.2, 0) is 6.42 Å². The van der Waals surface area contributed by atoms with Crippen molar-refractivity contribution in [3.63, 3.8) is 0 Å². The van der Waals surface area contributed by atoms with Gasteiger partial charge in [0.1, 0.15) is 0 Å². The minimum absolute atomic E-state index is 0.0815.